The van der Waals surface area contributed by atoms with Gasteiger partial charge in [-0.1, -0.05) is 30.3 Å². The average molecular weight is 351 g/mol. The summed E-state index contributed by atoms with van der Waals surface area (Å²) >= 11 is 1.66. The Bertz CT molecular complexity index is 887. The van der Waals surface area contributed by atoms with Crippen LogP contribution in [0.15, 0.2) is 48.5 Å². The Morgan fingerprint density at radius 2 is 2.00 bits per heavy atom. The molecular weight excluding hydrogens is 330 g/mol. The van der Waals surface area contributed by atoms with Gasteiger partial charge in [-0.3, -0.25) is 4.79 Å². The summed E-state index contributed by atoms with van der Waals surface area (Å²) in [6.07, 6.45) is 1.01. The zero-order chi connectivity index (χ0) is 17.4. The number of carbonyl (C=O) groups is 1. The zero-order valence-electron chi connectivity index (χ0n) is 14.5. The quantitative estimate of drug-likeness (QED) is 0.716. The molecule has 25 heavy (non-hydrogen) atoms. The monoisotopic (exact) mass is 351 g/mol. The number of amides is 1. The Balaban J connectivity index is 1.48. The van der Waals surface area contributed by atoms with Crippen molar-refractivity contribution in [3.05, 3.63) is 59.1 Å². The Morgan fingerprint density at radius 1 is 1.24 bits per heavy atom. The van der Waals surface area contributed by atoms with Gasteiger partial charge in [0.2, 0.25) is 5.91 Å². The lowest BCUT2D eigenvalue weighted by molar-refractivity contribution is -0.130. The van der Waals surface area contributed by atoms with E-state index in [-0.39, 0.29) is 11.9 Å². The number of rotatable bonds is 4. The summed E-state index contributed by atoms with van der Waals surface area (Å²) in [5.41, 5.74) is 3.53. The molecule has 3 aromatic rings. The fraction of sp³-hybridized carbons (Fsp3) is 0.300. The Kier molecular flexibility index (Phi) is 4.17. The van der Waals surface area contributed by atoms with Crippen LogP contribution >= 0.6 is 11.3 Å². The molecule has 0 spiro atoms. The molecule has 1 aliphatic heterocycles. The van der Waals surface area contributed by atoms with Crippen molar-refractivity contribution in [3.8, 4) is 0 Å². The van der Waals surface area contributed by atoms with Gasteiger partial charge in [0.1, 0.15) is 5.01 Å². The van der Waals surface area contributed by atoms with Crippen molar-refractivity contribution in [2.45, 2.75) is 19.4 Å². The minimum Gasteiger partial charge on any atom is -0.362 e. The molecule has 0 N–H and O–H groups in total. The molecule has 4 nitrogen and oxygen atoms in total. The molecule has 2 aromatic carbocycles. The van der Waals surface area contributed by atoms with Gasteiger partial charge in [-0.2, -0.15) is 0 Å². The molecule has 4 rings (SSSR count). The molecule has 5 heteroatoms. The first kappa shape index (κ1) is 16.1. The maximum Gasteiger partial charge on any atom is 0.242 e. The second-order valence-corrected chi connectivity index (χ2v) is 7.56. The van der Waals surface area contributed by atoms with Crippen LogP contribution in [0.2, 0.25) is 0 Å². The number of fused-ring (bicyclic) bond motifs is 2. The highest BCUT2D eigenvalue weighted by atomic mass is 32.1. The summed E-state index contributed by atoms with van der Waals surface area (Å²) in [6, 6.07) is 16.4. The average Bonchev–Trinajstić information content (AvgIpc) is 3.25. The standard InChI is InChI=1S/C20H21N3OS/c1-14(20-21-16-8-4-6-10-18(16)25-20)22(2)19(24)13-23-12-11-15-7-3-5-9-17(15)23/h3-10,14H,11-13H2,1-2H3/t14-/m0/s1. The summed E-state index contributed by atoms with van der Waals surface area (Å²) < 4.78 is 1.17. The van der Waals surface area contributed by atoms with Crippen molar-refractivity contribution in [3.63, 3.8) is 0 Å². The van der Waals surface area contributed by atoms with Gasteiger partial charge >= 0.3 is 0 Å². The predicted octanol–water partition coefficient (Wildman–Crippen LogP) is 3.88. The zero-order valence-corrected chi connectivity index (χ0v) is 15.3. The number of likely N-dealkylation sites (N-methyl/N-ethyl adjacent to an activating group) is 1. The number of anilines is 1. The SMILES string of the molecule is C[C@@H](c1nc2ccccc2s1)N(C)C(=O)CN1CCc2ccccc21. The van der Waals surface area contributed by atoms with Crippen molar-refractivity contribution >= 4 is 33.1 Å². The largest absolute Gasteiger partial charge is 0.362 e. The van der Waals surface area contributed by atoms with Crippen molar-refractivity contribution in [2.75, 3.05) is 25.0 Å². The van der Waals surface area contributed by atoms with Gasteiger partial charge in [0, 0.05) is 19.3 Å². The van der Waals surface area contributed by atoms with Crippen molar-refractivity contribution in [2.24, 2.45) is 0 Å². The van der Waals surface area contributed by atoms with E-state index in [1.165, 1.54) is 16.0 Å². The number of carbonyl (C=O) groups excluding carboxylic acids is 1. The van der Waals surface area contributed by atoms with E-state index in [1.54, 1.807) is 11.3 Å². The van der Waals surface area contributed by atoms with E-state index in [1.807, 2.05) is 43.1 Å². The van der Waals surface area contributed by atoms with Crippen molar-refractivity contribution in [1.82, 2.24) is 9.88 Å². The van der Waals surface area contributed by atoms with Crippen LogP contribution in [0.4, 0.5) is 5.69 Å². The van der Waals surface area contributed by atoms with Gasteiger partial charge in [0.05, 0.1) is 22.8 Å². The van der Waals surface area contributed by atoms with E-state index in [4.69, 9.17) is 4.98 Å². The number of para-hydroxylation sites is 2. The third-order valence-electron chi connectivity index (χ3n) is 4.95. The topological polar surface area (TPSA) is 36.4 Å². The van der Waals surface area contributed by atoms with E-state index in [9.17, 15) is 4.79 Å². The van der Waals surface area contributed by atoms with Crippen molar-refractivity contribution in [1.29, 1.82) is 0 Å². The Labute approximate surface area is 151 Å². The fourth-order valence-electron chi connectivity index (χ4n) is 3.30. The predicted molar refractivity (Wildman–Crippen MR) is 103 cm³/mol. The molecule has 0 aliphatic carbocycles. The number of hydrogen-bond acceptors (Lipinski definition) is 4. The van der Waals surface area contributed by atoms with Crippen LogP contribution in [0.1, 0.15) is 23.5 Å². The van der Waals surface area contributed by atoms with E-state index in [0.717, 1.165) is 23.5 Å². The number of hydrogen-bond donors (Lipinski definition) is 0. The first-order valence-corrected chi connectivity index (χ1v) is 9.39. The van der Waals surface area contributed by atoms with Gasteiger partial charge in [-0.25, -0.2) is 4.98 Å². The molecule has 2 heterocycles. The summed E-state index contributed by atoms with van der Waals surface area (Å²) in [6.45, 7) is 3.38. The maximum atomic E-state index is 12.8. The normalized spacial score (nSPS) is 14.6. The third-order valence-corrected chi connectivity index (χ3v) is 6.16. The minimum atomic E-state index is -0.0252. The molecule has 128 valence electrons. The van der Waals surface area contributed by atoms with Crippen LogP contribution in [-0.4, -0.2) is 35.9 Å². The van der Waals surface area contributed by atoms with Gasteiger partial charge in [-0.05, 0) is 37.1 Å². The molecule has 0 bridgehead atoms. The molecule has 1 amide bonds. The van der Waals surface area contributed by atoms with Gasteiger partial charge in [0.25, 0.3) is 0 Å². The van der Waals surface area contributed by atoms with E-state index >= 15 is 0 Å². The molecule has 1 atom stereocenters. The van der Waals surface area contributed by atoms with Crippen LogP contribution in [-0.2, 0) is 11.2 Å². The third kappa shape index (κ3) is 3.00. The number of nitrogens with zero attached hydrogens (tertiary/aromatic N) is 3. The van der Waals surface area contributed by atoms with Crippen LogP contribution < -0.4 is 4.90 Å². The molecule has 1 aromatic heterocycles. The number of benzene rings is 2. The van der Waals surface area contributed by atoms with Crippen LogP contribution in [0.5, 0.6) is 0 Å². The lowest BCUT2D eigenvalue weighted by Crippen LogP contribution is -2.39. The van der Waals surface area contributed by atoms with Crippen LogP contribution in [0.3, 0.4) is 0 Å². The Morgan fingerprint density at radius 3 is 2.84 bits per heavy atom. The molecular formula is C20H21N3OS. The molecule has 0 fully saturated rings. The molecule has 1 aliphatic rings. The smallest absolute Gasteiger partial charge is 0.242 e. The van der Waals surface area contributed by atoms with E-state index in [0.29, 0.717) is 6.54 Å². The summed E-state index contributed by atoms with van der Waals surface area (Å²) in [4.78, 5) is 21.5. The fourth-order valence-corrected chi connectivity index (χ4v) is 4.36. The second kappa shape index (κ2) is 6.48. The van der Waals surface area contributed by atoms with Gasteiger partial charge < -0.3 is 9.80 Å². The summed E-state index contributed by atoms with van der Waals surface area (Å²) in [7, 11) is 1.88. The molecule has 0 unspecified atom stereocenters. The summed E-state index contributed by atoms with van der Waals surface area (Å²) in [5.74, 6) is 0.128. The van der Waals surface area contributed by atoms with Crippen molar-refractivity contribution < 1.29 is 4.79 Å². The first-order valence-electron chi connectivity index (χ1n) is 8.57. The number of aromatic nitrogens is 1. The van der Waals surface area contributed by atoms with Gasteiger partial charge in [0.15, 0.2) is 0 Å². The highest BCUT2D eigenvalue weighted by Crippen LogP contribution is 2.30. The first-order chi connectivity index (χ1) is 12.1. The summed E-state index contributed by atoms with van der Waals surface area (Å²) in [5, 5.41) is 0.985. The Hall–Kier alpha value is -2.40. The molecule has 0 saturated heterocycles. The van der Waals surface area contributed by atoms with E-state index in [2.05, 4.69) is 29.2 Å². The highest BCUT2D eigenvalue weighted by molar-refractivity contribution is 7.18. The van der Waals surface area contributed by atoms with Gasteiger partial charge in [-0.15, -0.1) is 11.3 Å². The lowest BCUT2D eigenvalue weighted by Gasteiger charge is -2.27. The maximum absolute atomic E-state index is 12.8. The highest BCUT2D eigenvalue weighted by Gasteiger charge is 2.25. The molecule has 0 radical (unpaired) electrons. The van der Waals surface area contributed by atoms with Crippen LogP contribution in [0.25, 0.3) is 10.2 Å². The van der Waals surface area contributed by atoms with Crippen LogP contribution in [0, 0.1) is 0 Å². The molecule has 0 saturated carbocycles. The lowest BCUT2D eigenvalue weighted by atomic mass is 10.2. The minimum absolute atomic E-state index is 0.0252. The number of thiazole rings is 1. The van der Waals surface area contributed by atoms with E-state index < -0.39 is 0 Å². The second-order valence-electron chi connectivity index (χ2n) is 6.50.